The minimum atomic E-state index is -0.279. The highest BCUT2D eigenvalue weighted by atomic mass is 16.7. The Labute approximate surface area is 184 Å². The van der Waals surface area contributed by atoms with Crippen LogP contribution in [0, 0.1) is 0 Å². The molecule has 0 bridgehead atoms. The summed E-state index contributed by atoms with van der Waals surface area (Å²) in [5.41, 5.74) is 1.91. The van der Waals surface area contributed by atoms with E-state index in [2.05, 4.69) is 20.6 Å². The van der Waals surface area contributed by atoms with E-state index in [1.54, 1.807) is 0 Å². The lowest BCUT2D eigenvalue weighted by Gasteiger charge is -2.14. The van der Waals surface area contributed by atoms with E-state index < -0.39 is 0 Å². The van der Waals surface area contributed by atoms with Gasteiger partial charge in [0, 0.05) is 30.4 Å². The summed E-state index contributed by atoms with van der Waals surface area (Å²) in [5, 5.41) is 6.12. The summed E-state index contributed by atoms with van der Waals surface area (Å²) < 4.78 is 21.6. The van der Waals surface area contributed by atoms with E-state index in [0.717, 1.165) is 11.3 Å². The van der Waals surface area contributed by atoms with Crippen molar-refractivity contribution in [1.82, 2.24) is 15.3 Å². The number of aromatic nitrogens is 2. The summed E-state index contributed by atoms with van der Waals surface area (Å²) >= 11 is 0. The second kappa shape index (κ2) is 9.21. The lowest BCUT2D eigenvalue weighted by molar-refractivity contribution is -0.0455. The van der Waals surface area contributed by atoms with Crippen molar-refractivity contribution in [3.8, 4) is 22.9 Å². The van der Waals surface area contributed by atoms with E-state index in [-0.39, 0.29) is 19.0 Å². The van der Waals surface area contributed by atoms with E-state index in [1.807, 2.05) is 48.5 Å². The van der Waals surface area contributed by atoms with Gasteiger partial charge in [-0.2, -0.15) is 0 Å². The first-order valence-electron chi connectivity index (χ1n) is 10.4. The fraction of sp³-hybridized carbons (Fsp3) is 0.261. The fourth-order valence-electron chi connectivity index (χ4n) is 3.45. The molecule has 1 fully saturated rings. The minimum Gasteiger partial charge on any atom is -0.454 e. The van der Waals surface area contributed by atoms with E-state index in [1.165, 1.54) is 6.20 Å². The number of fused-ring (bicyclic) bond motifs is 1. The SMILES string of the molecule is O=C(NCCC1OCCO1)c1cnc(-c2ccc3c(c2)OCO3)nc1Nc1ccccc1. The van der Waals surface area contributed by atoms with Crippen molar-refractivity contribution in [3.05, 3.63) is 60.3 Å². The average molecular weight is 434 g/mol. The van der Waals surface area contributed by atoms with Crippen LogP contribution in [0.1, 0.15) is 16.8 Å². The van der Waals surface area contributed by atoms with E-state index in [4.69, 9.17) is 18.9 Å². The van der Waals surface area contributed by atoms with E-state index >= 15 is 0 Å². The van der Waals surface area contributed by atoms with Crippen LogP contribution in [0.4, 0.5) is 11.5 Å². The van der Waals surface area contributed by atoms with Crippen LogP contribution in [0.15, 0.2) is 54.7 Å². The molecule has 0 radical (unpaired) electrons. The minimum absolute atomic E-state index is 0.191. The molecule has 2 aliphatic rings. The lowest BCUT2D eigenvalue weighted by atomic mass is 10.1. The predicted molar refractivity (Wildman–Crippen MR) is 116 cm³/mol. The van der Waals surface area contributed by atoms with Crippen LogP contribution in [0.2, 0.25) is 0 Å². The number of anilines is 2. The summed E-state index contributed by atoms with van der Waals surface area (Å²) in [5.74, 6) is 1.92. The van der Waals surface area contributed by atoms with Gasteiger partial charge in [0.15, 0.2) is 23.6 Å². The molecule has 3 aromatic rings. The second-order valence-corrected chi connectivity index (χ2v) is 7.23. The third-order valence-electron chi connectivity index (χ3n) is 5.06. The van der Waals surface area contributed by atoms with Crippen LogP contribution < -0.4 is 20.1 Å². The lowest BCUT2D eigenvalue weighted by Crippen LogP contribution is -2.28. The topological polar surface area (TPSA) is 104 Å². The molecule has 9 heteroatoms. The van der Waals surface area contributed by atoms with Crippen molar-refractivity contribution in [2.75, 3.05) is 31.9 Å². The van der Waals surface area contributed by atoms with Crippen LogP contribution in [0.25, 0.3) is 11.4 Å². The molecular weight excluding hydrogens is 412 g/mol. The van der Waals surface area contributed by atoms with Crippen molar-refractivity contribution >= 4 is 17.4 Å². The molecule has 5 rings (SSSR count). The van der Waals surface area contributed by atoms with Crippen molar-refractivity contribution in [1.29, 1.82) is 0 Å². The van der Waals surface area contributed by atoms with Gasteiger partial charge in [-0.05, 0) is 30.3 Å². The Hall–Kier alpha value is -3.69. The Morgan fingerprint density at radius 2 is 1.84 bits per heavy atom. The number of hydrogen-bond acceptors (Lipinski definition) is 8. The number of carbonyl (C=O) groups is 1. The van der Waals surface area contributed by atoms with Crippen molar-refractivity contribution in [3.63, 3.8) is 0 Å². The Balaban J connectivity index is 1.39. The summed E-state index contributed by atoms with van der Waals surface area (Å²) in [6.45, 7) is 1.77. The number of carbonyl (C=O) groups excluding carboxylic acids is 1. The molecule has 0 atom stereocenters. The van der Waals surface area contributed by atoms with E-state index in [0.29, 0.717) is 54.9 Å². The predicted octanol–water partition coefficient (Wildman–Crippen LogP) is 3.11. The zero-order valence-electron chi connectivity index (χ0n) is 17.2. The highest BCUT2D eigenvalue weighted by molar-refractivity contribution is 5.99. The highest BCUT2D eigenvalue weighted by Crippen LogP contribution is 2.35. The van der Waals surface area contributed by atoms with Crippen LogP contribution in [-0.4, -0.2) is 48.7 Å². The molecule has 9 nitrogen and oxygen atoms in total. The number of nitrogens with one attached hydrogen (secondary N) is 2. The molecule has 0 unspecified atom stereocenters. The molecule has 2 aliphatic heterocycles. The smallest absolute Gasteiger partial charge is 0.256 e. The maximum Gasteiger partial charge on any atom is 0.256 e. The Morgan fingerprint density at radius 3 is 2.69 bits per heavy atom. The number of nitrogens with zero attached hydrogens (tertiary/aromatic N) is 2. The number of hydrogen-bond donors (Lipinski definition) is 2. The zero-order valence-corrected chi connectivity index (χ0v) is 17.2. The molecule has 1 amide bonds. The molecule has 1 aromatic heterocycles. The molecule has 0 saturated carbocycles. The average Bonchev–Trinajstić information content (AvgIpc) is 3.51. The van der Waals surface area contributed by atoms with Gasteiger partial charge in [-0.15, -0.1) is 0 Å². The molecule has 2 aromatic carbocycles. The first-order valence-corrected chi connectivity index (χ1v) is 10.4. The fourth-order valence-corrected chi connectivity index (χ4v) is 3.45. The summed E-state index contributed by atoms with van der Waals surface area (Å²) in [7, 11) is 0. The highest BCUT2D eigenvalue weighted by Gasteiger charge is 2.20. The van der Waals surface area contributed by atoms with Gasteiger partial charge < -0.3 is 29.6 Å². The molecule has 164 valence electrons. The third kappa shape index (κ3) is 4.48. The molecule has 0 aliphatic carbocycles. The maximum atomic E-state index is 12.9. The Morgan fingerprint density at radius 1 is 1.03 bits per heavy atom. The molecular formula is C23H22N4O5. The van der Waals surface area contributed by atoms with Crippen molar-refractivity contribution in [2.24, 2.45) is 0 Å². The van der Waals surface area contributed by atoms with Gasteiger partial charge in [0.1, 0.15) is 11.4 Å². The number of amides is 1. The van der Waals surface area contributed by atoms with Gasteiger partial charge in [-0.25, -0.2) is 9.97 Å². The molecule has 1 saturated heterocycles. The Bertz CT molecular complexity index is 1100. The zero-order chi connectivity index (χ0) is 21.8. The normalized spacial score (nSPS) is 15.0. The number of ether oxygens (including phenoxy) is 4. The van der Waals surface area contributed by atoms with Gasteiger partial charge in [0.2, 0.25) is 6.79 Å². The Kier molecular flexibility index (Phi) is 5.82. The van der Waals surface area contributed by atoms with Crippen LogP contribution in [-0.2, 0) is 9.47 Å². The van der Waals surface area contributed by atoms with Crippen LogP contribution in [0.5, 0.6) is 11.5 Å². The van der Waals surface area contributed by atoms with Crippen molar-refractivity contribution in [2.45, 2.75) is 12.7 Å². The largest absolute Gasteiger partial charge is 0.454 e. The quantitative estimate of drug-likeness (QED) is 0.585. The summed E-state index contributed by atoms with van der Waals surface area (Å²) in [6, 6.07) is 15.0. The van der Waals surface area contributed by atoms with Gasteiger partial charge in [-0.1, -0.05) is 18.2 Å². The van der Waals surface area contributed by atoms with Crippen LogP contribution >= 0.6 is 0 Å². The monoisotopic (exact) mass is 434 g/mol. The molecule has 0 spiro atoms. The number of para-hydroxylation sites is 1. The molecule has 2 N–H and O–H groups in total. The van der Waals surface area contributed by atoms with Crippen molar-refractivity contribution < 1.29 is 23.7 Å². The first kappa shape index (κ1) is 20.2. The maximum absolute atomic E-state index is 12.9. The number of rotatable bonds is 7. The van der Waals surface area contributed by atoms with Gasteiger partial charge in [-0.3, -0.25) is 4.79 Å². The van der Waals surface area contributed by atoms with Crippen LogP contribution in [0.3, 0.4) is 0 Å². The molecule has 32 heavy (non-hydrogen) atoms. The van der Waals surface area contributed by atoms with Gasteiger partial charge in [0.25, 0.3) is 5.91 Å². The third-order valence-corrected chi connectivity index (χ3v) is 5.06. The number of benzene rings is 2. The van der Waals surface area contributed by atoms with Gasteiger partial charge >= 0.3 is 0 Å². The first-order chi connectivity index (χ1) is 15.8. The summed E-state index contributed by atoms with van der Waals surface area (Å²) in [4.78, 5) is 21.9. The summed E-state index contributed by atoms with van der Waals surface area (Å²) in [6.07, 6.45) is 1.82. The molecule has 3 heterocycles. The second-order valence-electron chi connectivity index (χ2n) is 7.23. The van der Waals surface area contributed by atoms with E-state index in [9.17, 15) is 4.79 Å². The van der Waals surface area contributed by atoms with Gasteiger partial charge in [0.05, 0.1) is 13.2 Å². The standard InChI is InChI=1S/C23H22N4O5/c28-23(24-9-8-20-29-10-11-30-20)17-13-25-21(15-6-7-18-19(12-15)32-14-31-18)27-22(17)26-16-4-2-1-3-5-16/h1-7,12-13,20H,8-11,14H2,(H,24,28)(H,25,26,27).